The van der Waals surface area contributed by atoms with Gasteiger partial charge in [0.05, 0.1) is 5.56 Å². The molecule has 4 nitrogen and oxygen atoms in total. The van der Waals surface area contributed by atoms with Crippen molar-refractivity contribution in [3.63, 3.8) is 0 Å². The van der Waals surface area contributed by atoms with E-state index in [2.05, 4.69) is 10.3 Å². The smallest absolute Gasteiger partial charge is 0.348 e. The summed E-state index contributed by atoms with van der Waals surface area (Å²) in [6.07, 6.45) is -2.93. The summed E-state index contributed by atoms with van der Waals surface area (Å²) in [6.45, 7) is 1.28. The second kappa shape index (κ2) is 7.69. The molecule has 0 unspecified atom stereocenters. The zero-order valence-electron chi connectivity index (χ0n) is 15.1. The van der Waals surface area contributed by atoms with E-state index in [9.17, 15) is 27.2 Å². The molecule has 0 radical (unpaired) electrons. The Morgan fingerprint density at radius 2 is 1.93 bits per heavy atom. The number of alkyl halides is 3. The van der Waals surface area contributed by atoms with Crippen LogP contribution in [0, 0.1) is 18.7 Å². The minimum atomic E-state index is -4.81. The third kappa shape index (κ3) is 4.74. The fraction of sp³-hybridized carbons (Fsp3) is 0.350. The maximum absolute atomic E-state index is 14.1. The SMILES string of the molecule is Cc1cc(C(=O)NCc2cccc(C(F)(F)F)c2F)cc(CC(=O)C2CC2)n1. The predicted octanol–water partition coefficient (Wildman–Crippen LogP) is 4.00. The van der Waals surface area contributed by atoms with Gasteiger partial charge in [-0.2, -0.15) is 13.2 Å². The molecule has 1 N–H and O–H groups in total. The number of pyridine rings is 1. The molecule has 0 atom stereocenters. The Balaban J connectivity index is 1.71. The van der Waals surface area contributed by atoms with E-state index >= 15 is 0 Å². The van der Waals surface area contributed by atoms with Gasteiger partial charge in [-0.25, -0.2) is 4.39 Å². The van der Waals surface area contributed by atoms with Crippen LogP contribution in [-0.2, 0) is 23.9 Å². The quantitative estimate of drug-likeness (QED) is 0.754. The lowest BCUT2D eigenvalue weighted by molar-refractivity contribution is -0.140. The number of amides is 1. The highest BCUT2D eigenvalue weighted by Crippen LogP contribution is 2.32. The van der Waals surface area contributed by atoms with E-state index in [1.54, 1.807) is 6.92 Å². The molecule has 8 heteroatoms. The van der Waals surface area contributed by atoms with Gasteiger partial charge < -0.3 is 5.32 Å². The number of hydrogen-bond donors (Lipinski definition) is 1. The maximum atomic E-state index is 14.1. The number of nitrogens with zero attached hydrogens (tertiary/aromatic N) is 1. The molecule has 3 rings (SSSR count). The van der Waals surface area contributed by atoms with Crippen LogP contribution in [0.4, 0.5) is 17.6 Å². The van der Waals surface area contributed by atoms with Gasteiger partial charge >= 0.3 is 6.18 Å². The first kappa shape index (κ1) is 20.0. The molecule has 1 aliphatic rings. The number of nitrogens with one attached hydrogen (secondary N) is 1. The van der Waals surface area contributed by atoms with Gasteiger partial charge in [0.15, 0.2) is 0 Å². The monoisotopic (exact) mass is 394 g/mol. The van der Waals surface area contributed by atoms with Crippen molar-refractivity contribution in [1.29, 1.82) is 0 Å². The standard InChI is InChI=1S/C20H18F4N2O2/c1-11-7-14(8-15(26-11)9-17(27)12-5-6-12)19(28)25-10-13-3-2-4-16(18(13)21)20(22,23)24/h2-4,7-8,12H,5-6,9-10H2,1H3,(H,25,28). The number of Topliss-reactive ketones (excluding diaryl/α,β-unsaturated/α-hetero) is 1. The lowest BCUT2D eigenvalue weighted by Crippen LogP contribution is -2.24. The zero-order valence-corrected chi connectivity index (χ0v) is 15.1. The largest absolute Gasteiger partial charge is 0.419 e. The number of carbonyl (C=O) groups is 2. The summed E-state index contributed by atoms with van der Waals surface area (Å²) < 4.78 is 52.4. The van der Waals surface area contributed by atoms with Crippen molar-refractivity contribution in [2.45, 2.75) is 38.9 Å². The summed E-state index contributed by atoms with van der Waals surface area (Å²) in [4.78, 5) is 28.6. The average Bonchev–Trinajstić information content (AvgIpc) is 3.44. The second-order valence-corrected chi connectivity index (χ2v) is 6.87. The number of ketones is 1. The molecule has 2 aromatic rings. The number of carbonyl (C=O) groups excluding carboxylic acids is 2. The number of rotatable bonds is 6. The van der Waals surface area contributed by atoms with E-state index in [-0.39, 0.29) is 29.2 Å². The molecule has 0 aliphatic heterocycles. The molecule has 1 aromatic heterocycles. The topological polar surface area (TPSA) is 59.1 Å². The van der Waals surface area contributed by atoms with Crippen LogP contribution in [-0.4, -0.2) is 16.7 Å². The van der Waals surface area contributed by atoms with E-state index in [0.717, 1.165) is 18.9 Å². The molecule has 1 aliphatic carbocycles. The van der Waals surface area contributed by atoms with Gasteiger partial charge in [-0.1, -0.05) is 12.1 Å². The Morgan fingerprint density at radius 1 is 1.21 bits per heavy atom. The molecule has 0 spiro atoms. The van der Waals surface area contributed by atoms with Crippen LogP contribution in [0.2, 0.25) is 0 Å². The maximum Gasteiger partial charge on any atom is 0.419 e. The Kier molecular flexibility index (Phi) is 5.49. The number of hydrogen-bond acceptors (Lipinski definition) is 3. The Morgan fingerprint density at radius 3 is 2.57 bits per heavy atom. The molecule has 0 saturated heterocycles. The molecule has 148 valence electrons. The molecule has 1 heterocycles. The van der Waals surface area contributed by atoms with E-state index in [0.29, 0.717) is 17.5 Å². The summed E-state index contributed by atoms with van der Waals surface area (Å²) in [5.74, 6) is -1.83. The number of aromatic nitrogens is 1. The Hall–Kier alpha value is -2.77. The normalized spacial score (nSPS) is 14.0. The van der Waals surface area contributed by atoms with Crippen molar-refractivity contribution in [3.05, 3.63) is 64.2 Å². The highest BCUT2D eigenvalue weighted by Gasteiger charge is 2.34. The van der Waals surface area contributed by atoms with Gasteiger partial charge in [0.25, 0.3) is 5.91 Å². The lowest BCUT2D eigenvalue weighted by Gasteiger charge is -2.12. The minimum Gasteiger partial charge on any atom is -0.348 e. The third-order valence-corrected chi connectivity index (χ3v) is 4.48. The fourth-order valence-electron chi connectivity index (χ4n) is 2.90. The van der Waals surface area contributed by atoms with E-state index < -0.39 is 30.0 Å². The van der Waals surface area contributed by atoms with Crippen molar-refractivity contribution in [2.75, 3.05) is 0 Å². The fourth-order valence-corrected chi connectivity index (χ4v) is 2.90. The van der Waals surface area contributed by atoms with Crippen molar-refractivity contribution in [1.82, 2.24) is 10.3 Å². The molecule has 1 fully saturated rings. The van der Waals surface area contributed by atoms with E-state index in [1.165, 1.54) is 18.2 Å². The molecular formula is C20H18F4N2O2. The zero-order chi connectivity index (χ0) is 20.5. The molecule has 1 amide bonds. The van der Waals surface area contributed by atoms with Crippen LogP contribution in [0.3, 0.4) is 0 Å². The van der Waals surface area contributed by atoms with E-state index in [4.69, 9.17) is 0 Å². The van der Waals surface area contributed by atoms with Crippen LogP contribution in [0.25, 0.3) is 0 Å². The number of aryl methyl sites for hydroxylation is 1. The van der Waals surface area contributed by atoms with Crippen LogP contribution in [0.1, 0.15) is 45.7 Å². The average molecular weight is 394 g/mol. The molecule has 1 aromatic carbocycles. The van der Waals surface area contributed by atoms with Gasteiger partial charge in [-0.3, -0.25) is 14.6 Å². The van der Waals surface area contributed by atoms with Gasteiger partial charge in [0.1, 0.15) is 11.6 Å². The first-order valence-corrected chi connectivity index (χ1v) is 8.78. The third-order valence-electron chi connectivity index (χ3n) is 4.48. The lowest BCUT2D eigenvalue weighted by atomic mass is 10.1. The molecule has 1 saturated carbocycles. The predicted molar refractivity (Wildman–Crippen MR) is 93.0 cm³/mol. The Bertz CT molecular complexity index is 921. The Labute approximate surface area is 159 Å². The van der Waals surface area contributed by atoms with Gasteiger partial charge in [0, 0.05) is 41.4 Å². The summed E-state index contributed by atoms with van der Waals surface area (Å²) in [6, 6.07) is 5.90. The van der Waals surface area contributed by atoms with Crippen molar-refractivity contribution in [2.24, 2.45) is 5.92 Å². The second-order valence-electron chi connectivity index (χ2n) is 6.87. The summed E-state index contributed by atoms with van der Waals surface area (Å²) in [5, 5.41) is 2.42. The summed E-state index contributed by atoms with van der Waals surface area (Å²) in [7, 11) is 0. The van der Waals surface area contributed by atoms with Crippen LogP contribution < -0.4 is 5.32 Å². The van der Waals surface area contributed by atoms with E-state index in [1.807, 2.05) is 0 Å². The molecule has 0 bridgehead atoms. The van der Waals surface area contributed by atoms with Gasteiger partial charge in [0.2, 0.25) is 0 Å². The molecule has 28 heavy (non-hydrogen) atoms. The summed E-state index contributed by atoms with van der Waals surface area (Å²) in [5.41, 5.74) is -0.416. The highest BCUT2D eigenvalue weighted by atomic mass is 19.4. The van der Waals surface area contributed by atoms with Crippen molar-refractivity contribution < 1.29 is 27.2 Å². The van der Waals surface area contributed by atoms with Gasteiger partial charge in [-0.05, 0) is 38.0 Å². The van der Waals surface area contributed by atoms with Crippen LogP contribution >= 0.6 is 0 Å². The summed E-state index contributed by atoms with van der Waals surface area (Å²) >= 11 is 0. The van der Waals surface area contributed by atoms with Gasteiger partial charge in [-0.15, -0.1) is 0 Å². The number of halogens is 4. The first-order valence-electron chi connectivity index (χ1n) is 8.78. The van der Waals surface area contributed by atoms with Crippen LogP contribution in [0.5, 0.6) is 0 Å². The minimum absolute atomic E-state index is 0.0727. The van der Waals surface area contributed by atoms with Crippen LogP contribution in [0.15, 0.2) is 30.3 Å². The first-order chi connectivity index (χ1) is 13.1. The highest BCUT2D eigenvalue weighted by molar-refractivity contribution is 5.94. The number of benzene rings is 1. The van der Waals surface area contributed by atoms with Crippen molar-refractivity contribution >= 4 is 11.7 Å². The van der Waals surface area contributed by atoms with Crippen molar-refractivity contribution in [3.8, 4) is 0 Å². The molecular weight excluding hydrogens is 376 g/mol.